The Hall–Kier alpha value is -2.66. The highest BCUT2D eigenvalue weighted by Crippen LogP contribution is 2.37. The van der Waals surface area contributed by atoms with Gasteiger partial charge in [-0.15, -0.1) is 0 Å². The largest absolute Gasteiger partial charge is 0.462 e. The van der Waals surface area contributed by atoms with Crippen LogP contribution in [-0.4, -0.2) is 35.4 Å². The Kier molecular flexibility index (Phi) is 16.7. The summed E-state index contributed by atoms with van der Waals surface area (Å²) in [5.74, 6) is 2.50. The lowest BCUT2D eigenvalue weighted by Gasteiger charge is -2.37. The van der Waals surface area contributed by atoms with E-state index in [9.17, 15) is 14.7 Å². The minimum Gasteiger partial charge on any atom is -0.462 e. The first kappa shape index (κ1) is 40.5. The van der Waals surface area contributed by atoms with Crippen LogP contribution in [0.2, 0.25) is 0 Å². The molecule has 0 heterocycles. The number of aliphatic hydroxyl groups excluding tert-OH is 1. The monoisotopic (exact) mass is 650 g/mol. The number of carbonyl (C=O) groups excluding carboxylic acids is 2. The molecule has 0 aromatic heterocycles. The van der Waals surface area contributed by atoms with Gasteiger partial charge in [0, 0.05) is 5.92 Å². The number of ether oxygens (including phenoxy) is 2. The van der Waals surface area contributed by atoms with E-state index in [4.69, 9.17) is 9.47 Å². The van der Waals surface area contributed by atoms with Gasteiger partial charge < -0.3 is 14.6 Å². The lowest BCUT2D eigenvalue weighted by molar-refractivity contribution is -0.167. The Bertz CT molecular complexity index is 1080. The molecule has 0 aliphatic heterocycles. The zero-order valence-corrected chi connectivity index (χ0v) is 30.0. The van der Waals surface area contributed by atoms with E-state index in [-0.39, 0.29) is 43.4 Å². The molecule has 0 amide bonds. The van der Waals surface area contributed by atoms with Crippen LogP contribution in [0.3, 0.4) is 0 Å². The Morgan fingerprint density at radius 3 is 1.40 bits per heavy atom. The van der Waals surface area contributed by atoms with Crippen LogP contribution >= 0.6 is 0 Å². The minimum absolute atomic E-state index is 0. The summed E-state index contributed by atoms with van der Waals surface area (Å²) >= 11 is 0. The molecule has 2 aromatic carbocycles. The van der Waals surface area contributed by atoms with Crippen LogP contribution in [-0.2, 0) is 19.1 Å². The van der Waals surface area contributed by atoms with E-state index < -0.39 is 12.1 Å². The van der Waals surface area contributed by atoms with Gasteiger partial charge in [0.05, 0.1) is 5.92 Å². The van der Waals surface area contributed by atoms with Crippen LogP contribution in [0.25, 0.3) is 0 Å². The standard InChI is InChI=1S/C21H32O2.C20H30O3.CH4/c1-14(2)19-12-11-15(3)13-20(19)23-21(22)17(5)16(4)18-9-7-6-8-10-18;1-13(2)17-11-10-14(3)12-18(17)23-20(22)19(21)15(4)16-8-6-5-7-9-16;/h6-10,14-17,19-20H,11-13H2,1-5H3;5-9,13-15,17-19,21H,10-12H2,1-4H3;1H4/t15?,16?,17?,19-,20?;14?,15-,17+,18?,19+;/m10./s1. The maximum Gasteiger partial charge on any atom is 0.335 e. The first-order chi connectivity index (χ1) is 21.8. The second-order valence-corrected chi connectivity index (χ2v) is 15.2. The van der Waals surface area contributed by atoms with Gasteiger partial charge in [-0.2, -0.15) is 0 Å². The van der Waals surface area contributed by atoms with Crippen LogP contribution in [0.5, 0.6) is 0 Å². The molecule has 10 atom stereocenters. The Morgan fingerprint density at radius 2 is 1.00 bits per heavy atom. The van der Waals surface area contributed by atoms with Gasteiger partial charge in [-0.05, 0) is 78.2 Å². The number of carbonyl (C=O) groups is 2. The lowest BCUT2D eigenvalue weighted by atomic mass is 9.75. The third-order valence-electron chi connectivity index (χ3n) is 10.9. The van der Waals surface area contributed by atoms with Crippen molar-refractivity contribution in [2.75, 3.05) is 0 Å². The minimum atomic E-state index is -1.11. The summed E-state index contributed by atoms with van der Waals surface area (Å²) in [4.78, 5) is 25.1. The number of aliphatic hydroxyl groups is 1. The summed E-state index contributed by atoms with van der Waals surface area (Å²) in [7, 11) is 0. The predicted octanol–water partition coefficient (Wildman–Crippen LogP) is 10.2. The molecule has 2 saturated carbocycles. The number of hydrogen-bond donors (Lipinski definition) is 1. The molecular weight excluding hydrogens is 584 g/mol. The summed E-state index contributed by atoms with van der Waals surface area (Å²) in [5.41, 5.74) is 2.16. The van der Waals surface area contributed by atoms with Gasteiger partial charge in [0.15, 0.2) is 6.10 Å². The maximum absolute atomic E-state index is 12.7. The van der Waals surface area contributed by atoms with Crippen molar-refractivity contribution >= 4 is 11.9 Å². The molecule has 2 aliphatic rings. The van der Waals surface area contributed by atoms with Gasteiger partial charge in [-0.25, -0.2) is 4.79 Å². The summed E-state index contributed by atoms with van der Waals surface area (Å²) < 4.78 is 11.8. The first-order valence-electron chi connectivity index (χ1n) is 18.0. The summed E-state index contributed by atoms with van der Waals surface area (Å²) in [5, 5.41) is 10.4. The lowest BCUT2D eigenvalue weighted by Crippen LogP contribution is -2.39. The topological polar surface area (TPSA) is 72.8 Å². The summed E-state index contributed by atoms with van der Waals surface area (Å²) in [6.07, 6.45) is 5.57. The van der Waals surface area contributed by atoms with E-state index in [0.29, 0.717) is 35.5 Å². The van der Waals surface area contributed by atoms with E-state index >= 15 is 0 Å². The molecule has 2 fully saturated rings. The van der Waals surface area contributed by atoms with Crippen molar-refractivity contribution < 1.29 is 24.2 Å². The Labute approximate surface area is 287 Å². The van der Waals surface area contributed by atoms with Gasteiger partial charge >= 0.3 is 11.9 Å². The first-order valence-corrected chi connectivity index (χ1v) is 18.0. The third-order valence-corrected chi connectivity index (χ3v) is 10.9. The molecule has 0 radical (unpaired) electrons. The van der Waals surface area contributed by atoms with Crippen molar-refractivity contribution in [1.29, 1.82) is 0 Å². The molecule has 4 rings (SSSR count). The highest BCUT2D eigenvalue weighted by molar-refractivity contribution is 5.76. The molecule has 5 heteroatoms. The van der Waals surface area contributed by atoms with Crippen LogP contribution in [0.4, 0.5) is 0 Å². The zero-order chi connectivity index (χ0) is 34.0. The van der Waals surface area contributed by atoms with Crippen molar-refractivity contribution in [2.24, 2.45) is 41.4 Å². The number of benzene rings is 2. The average Bonchev–Trinajstić information content (AvgIpc) is 3.04. The maximum atomic E-state index is 12.7. The Balaban J connectivity index is 0.000000320. The van der Waals surface area contributed by atoms with Crippen LogP contribution in [0.15, 0.2) is 60.7 Å². The van der Waals surface area contributed by atoms with Gasteiger partial charge in [0.2, 0.25) is 0 Å². The SMILES string of the molecule is C.CC1CC[C@H](C(C)C)C(OC(=O)C(C)C(C)c2ccccc2)C1.CC1CC[C@H](C(C)C)C(OC(=O)[C@H](O)[C@@H](C)c2ccccc2)C1. The molecule has 0 saturated heterocycles. The van der Waals surface area contributed by atoms with Crippen molar-refractivity contribution in [2.45, 2.75) is 138 Å². The van der Waals surface area contributed by atoms with Crippen molar-refractivity contribution in [1.82, 2.24) is 0 Å². The van der Waals surface area contributed by atoms with Crippen molar-refractivity contribution in [3.63, 3.8) is 0 Å². The second kappa shape index (κ2) is 19.4. The fraction of sp³-hybridized carbons (Fsp3) is 0.667. The van der Waals surface area contributed by atoms with Gasteiger partial charge in [-0.3, -0.25) is 4.79 Å². The Morgan fingerprint density at radius 1 is 0.617 bits per heavy atom. The molecule has 47 heavy (non-hydrogen) atoms. The van der Waals surface area contributed by atoms with E-state index in [0.717, 1.165) is 24.8 Å². The van der Waals surface area contributed by atoms with Gasteiger partial charge in [-0.1, -0.05) is 143 Å². The smallest absolute Gasteiger partial charge is 0.335 e. The molecule has 1 N–H and O–H groups in total. The predicted molar refractivity (Wildman–Crippen MR) is 194 cm³/mol. The van der Waals surface area contributed by atoms with Crippen LogP contribution in [0.1, 0.15) is 131 Å². The summed E-state index contributed by atoms with van der Waals surface area (Å²) in [6, 6.07) is 19.9. The molecule has 6 unspecified atom stereocenters. The molecular formula is C42H66O5. The molecule has 0 spiro atoms. The molecule has 2 aliphatic carbocycles. The highest BCUT2D eigenvalue weighted by Gasteiger charge is 2.37. The molecule has 2 aromatic rings. The third kappa shape index (κ3) is 11.8. The average molecular weight is 651 g/mol. The number of esters is 2. The highest BCUT2D eigenvalue weighted by atomic mass is 16.6. The molecule has 264 valence electrons. The van der Waals surface area contributed by atoms with Crippen molar-refractivity contribution in [3.05, 3.63) is 71.8 Å². The van der Waals surface area contributed by atoms with E-state index in [1.54, 1.807) is 0 Å². The van der Waals surface area contributed by atoms with Crippen LogP contribution in [0, 0.1) is 41.4 Å². The van der Waals surface area contributed by atoms with Gasteiger partial charge in [0.25, 0.3) is 0 Å². The van der Waals surface area contributed by atoms with E-state index in [2.05, 4.69) is 60.6 Å². The van der Waals surface area contributed by atoms with Crippen LogP contribution < -0.4 is 0 Å². The van der Waals surface area contributed by atoms with E-state index in [1.165, 1.54) is 24.8 Å². The fourth-order valence-corrected chi connectivity index (χ4v) is 7.37. The van der Waals surface area contributed by atoms with Gasteiger partial charge in [0.1, 0.15) is 12.2 Å². The summed E-state index contributed by atoms with van der Waals surface area (Å²) in [6.45, 7) is 19.3. The fourth-order valence-electron chi connectivity index (χ4n) is 7.37. The number of rotatable bonds is 10. The quantitative estimate of drug-likeness (QED) is 0.259. The number of hydrogen-bond acceptors (Lipinski definition) is 5. The second-order valence-electron chi connectivity index (χ2n) is 15.2. The zero-order valence-electron chi connectivity index (χ0n) is 30.0. The molecule has 5 nitrogen and oxygen atoms in total. The van der Waals surface area contributed by atoms with Crippen molar-refractivity contribution in [3.8, 4) is 0 Å². The molecule has 0 bridgehead atoms. The van der Waals surface area contributed by atoms with E-state index in [1.807, 2.05) is 62.4 Å². The normalized spacial score (nSPS) is 26.9.